The zero-order valence-electron chi connectivity index (χ0n) is 10.8. The van der Waals surface area contributed by atoms with E-state index in [1.165, 1.54) is 36.8 Å². The number of hydrogen-bond acceptors (Lipinski definition) is 2. The number of nitrogens with two attached hydrogens (primary N) is 1. The van der Waals surface area contributed by atoms with Gasteiger partial charge in [0.15, 0.2) is 0 Å². The summed E-state index contributed by atoms with van der Waals surface area (Å²) in [5.41, 5.74) is 8.69. The number of hydrogen-bond donors (Lipinski definition) is 2. The average Bonchev–Trinajstić information content (AvgIpc) is 2.32. The Morgan fingerprint density at radius 2 is 2.00 bits per heavy atom. The predicted molar refractivity (Wildman–Crippen MR) is 73.1 cm³/mol. The molecule has 1 aromatic carbocycles. The van der Waals surface area contributed by atoms with Crippen LogP contribution in [0.1, 0.15) is 36.8 Å². The first kappa shape index (κ1) is 12.6. The summed E-state index contributed by atoms with van der Waals surface area (Å²) in [6.07, 6.45) is 5.98. The summed E-state index contributed by atoms with van der Waals surface area (Å²) in [6, 6.07) is 9.93. The molecule has 0 heterocycles. The fourth-order valence-electron chi connectivity index (χ4n) is 2.61. The fraction of sp³-hybridized carbons (Fsp3) is 0.600. The van der Waals surface area contributed by atoms with Gasteiger partial charge in [-0.05, 0) is 51.1 Å². The maximum Gasteiger partial charge on any atom is 0.00683 e. The Kier molecular flexibility index (Phi) is 4.57. The van der Waals surface area contributed by atoms with E-state index in [0.29, 0.717) is 12.1 Å². The van der Waals surface area contributed by atoms with E-state index >= 15 is 0 Å². The fourth-order valence-corrected chi connectivity index (χ4v) is 2.61. The van der Waals surface area contributed by atoms with E-state index in [1.54, 1.807) is 0 Å². The lowest BCUT2D eigenvalue weighted by Gasteiger charge is -2.26. The SMILES string of the molecule is Cc1cccc(CCNC2CCC(N)CC2)c1. The van der Waals surface area contributed by atoms with Crippen molar-refractivity contribution in [3.05, 3.63) is 35.4 Å². The van der Waals surface area contributed by atoms with Crippen molar-refractivity contribution in [2.45, 2.75) is 51.1 Å². The summed E-state index contributed by atoms with van der Waals surface area (Å²) in [4.78, 5) is 0. The Bertz CT molecular complexity index is 341. The minimum Gasteiger partial charge on any atom is -0.328 e. The van der Waals surface area contributed by atoms with Crippen molar-refractivity contribution in [2.75, 3.05) is 6.54 Å². The van der Waals surface area contributed by atoms with Gasteiger partial charge in [-0.3, -0.25) is 0 Å². The monoisotopic (exact) mass is 232 g/mol. The minimum atomic E-state index is 0.449. The van der Waals surface area contributed by atoms with Crippen LogP contribution >= 0.6 is 0 Å². The molecule has 0 bridgehead atoms. The number of aryl methyl sites for hydroxylation is 1. The van der Waals surface area contributed by atoms with Crippen LogP contribution < -0.4 is 11.1 Å². The van der Waals surface area contributed by atoms with Gasteiger partial charge >= 0.3 is 0 Å². The zero-order valence-corrected chi connectivity index (χ0v) is 10.8. The van der Waals surface area contributed by atoms with Gasteiger partial charge in [-0.1, -0.05) is 29.8 Å². The highest BCUT2D eigenvalue weighted by atomic mass is 14.9. The van der Waals surface area contributed by atoms with Crippen molar-refractivity contribution in [3.63, 3.8) is 0 Å². The standard InChI is InChI=1S/C15H24N2/c1-12-3-2-4-13(11-12)9-10-17-15-7-5-14(16)6-8-15/h2-4,11,14-15,17H,5-10,16H2,1H3. The Labute approximate surface area is 105 Å². The molecule has 2 nitrogen and oxygen atoms in total. The molecule has 0 aromatic heterocycles. The van der Waals surface area contributed by atoms with Gasteiger partial charge in [0.25, 0.3) is 0 Å². The third-order valence-corrected chi connectivity index (χ3v) is 3.70. The summed E-state index contributed by atoms with van der Waals surface area (Å²) in [5, 5.41) is 3.65. The topological polar surface area (TPSA) is 38.0 Å². The molecule has 1 aliphatic carbocycles. The molecule has 94 valence electrons. The first-order chi connectivity index (χ1) is 8.24. The maximum atomic E-state index is 5.91. The highest BCUT2D eigenvalue weighted by Crippen LogP contribution is 2.16. The Hall–Kier alpha value is -0.860. The molecule has 1 fully saturated rings. The lowest BCUT2D eigenvalue weighted by Crippen LogP contribution is -2.38. The molecule has 2 heteroatoms. The lowest BCUT2D eigenvalue weighted by atomic mass is 9.92. The molecule has 0 aliphatic heterocycles. The Balaban J connectivity index is 1.69. The molecular formula is C15H24N2. The smallest absolute Gasteiger partial charge is 0.00683 e. The van der Waals surface area contributed by atoms with Crippen LogP contribution in [0.15, 0.2) is 24.3 Å². The molecule has 3 N–H and O–H groups in total. The zero-order chi connectivity index (χ0) is 12.1. The molecule has 17 heavy (non-hydrogen) atoms. The van der Waals surface area contributed by atoms with Gasteiger partial charge in [0.05, 0.1) is 0 Å². The summed E-state index contributed by atoms with van der Waals surface area (Å²) in [7, 11) is 0. The average molecular weight is 232 g/mol. The Morgan fingerprint density at radius 1 is 1.24 bits per heavy atom. The van der Waals surface area contributed by atoms with Crippen LogP contribution in [0.4, 0.5) is 0 Å². The summed E-state index contributed by atoms with van der Waals surface area (Å²) < 4.78 is 0. The van der Waals surface area contributed by atoms with Crippen molar-refractivity contribution in [3.8, 4) is 0 Å². The predicted octanol–water partition coefficient (Wildman–Crippen LogP) is 2.40. The summed E-state index contributed by atoms with van der Waals surface area (Å²) in [6.45, 7) is 3.24. The molecular weight excluding hydrogens is 208 g/mol. The van der Waals surface area contributed by atoms with Crippen molar-refractivity contribution >= 4 is 0 Å². The van der Waals surface area contributed by atoms with Crippen molar-refractivity contribution in [1.29, 1.82) is 0 Å². The van der Waals surface area contributed by atoms with Crippen LogP contribution in [0.3, 0.4) is 0 Å². The second kappa shape index (κ2) is 6.18. The normalized spacial score (nSPS) is 24.8. The highest BCUT2D eigenvalue weighted by molar-refractivity contribution is 5.22. The van der Waals surface area contributed by atoms with Crippen LogP contribution in [0.2, 0.25) is 0 Å². The quantitative estimate of drug-likeness (QED) is 0.836. The molecule has 2 rings (SSSR count). The second-order valence-corrected chi connectivity index (χ2v) is 5.30. The van der Waals surface area contributed by atoms with Crippen LogP contribution in [0.5, 0.6) is 0 Å². The van der Waals surface area contributed by atoms with E-state index in [4.69, 9.17) is 5.73 Å². The van der Waals surface area contributed by atoms with Gasteiger partial charge < -0.3 is 11.1 Å². The summed E-state index contributed by atoms with van der Waals surface area (Å²) >= 11 is 0. The molecule has 0 saturated heterocycles. The highest BCUT2D eigenvalue weighted by Gasteiger charge is 2.17. The van der Waals surface area contributed by atoms with Crippen molar-refractivity contribution in [2.24, 2.45) is 5.73 Å². The van der Waals surface area contributed by atoms with Gasteiger partial charge in [0.2, 0.25) is 0 Å². The molecule has 1 saturated carbocycles. The van der Waals surface area contributed by atoms with Crippen LogP contribution in [-0.4, -0.2) is 18.6 Å². The van der Waals surface area contributed by atoms with Gasteiger partial charge in [0, 0.05) is 12.1 Å². The van der Waals surface area contributed by atoms with E-state index < -0.39 is 0 Å². The number of nitrogens with one attached hydrogen (secondary N) is 1. The van der Waals surface area contributed by atoms with Crippen LogP contribution in [-0.2, 0) is 6.42 Å². The molecule has 0 radical (unpaired) electrons. The number of benzene rings is 1. The third-order valence-electron chi connectivity index (χ3n) is 3.70. The van der Waals surface area contributed by atoms with E-state index in [1.807, 2.05) is 0 Å². The molecule has 0 unspecified atom stereocenters. The summed E-state index contributed by atoms with van der Waals surface area (Å²) in [5.74, 6) is 0. The van der Waals surface area contributed by atoms with Crippen molar-refractivity contribution < 1.29 is 0 Å². The van der Waals surface area contributed by atoms with Crippen molar-refractivity contribution in [1.82, 2.24) is 5.32 Å². The molecule has 0 amide bonds. The van der Waals surface area contributed by atoms with Gasteiger partial charge in [0.1, 0.15) is 0 Å². The van der Waals surface area contributed by atoms with E-state index in [2.05, 4.69) is 36.5 Å². The van der Waals surface area contributed by atoms with E-state index in [0.717, 1.165) is 13.0 Å². The van der Waals surface area contributed by atoms with Crippen LogP contribution in [0, 0.1) is 6.92 Å². The lowest BCUT2D eigenvalue weighted by molar-refractivity contribution is 0.344. The van der Waals surface area contributed by atoms with E-state index in [-0.39, 0.29) is 0 Å². The van der Waals surface area contributed by atoms with Gasteiger partial charge in [-0.15, -0.1) is 0 Å². The second-order valence-electron chi connectivity index (χ2n) is 5.30. The van der Waals surface area contributed by atoms with Crippen LogP contribution in [0.25, 0.3) is 0 Å². The first-order valence-electron chi connectivity index (χ1n) is 6.78. The Morgan fingerprint density at radius 3 is 2.71 bits per heavy atom. The third kappa shape index (κ3) is 4.14. The van der Waals surface area contributed by atoms with E-state index in [9.17, 15) is 0 Å². The minimum absolute atomic E-state index is 0.449. The largest absolute Gasteiger partial charge is 0.328 e. The molecule has 0 spiro atoms. The first-order valence-corrected chi connectivity index (χ1v) is 6.78. The number of rotatable bonds is 4. The van der Waals surface area contributed by atoms with Gasteiger partial charge in [-0.25, -0.2) is 0 Å². The molecule has 1 aromatic rings. The molecule has 1 aliphatic rings. The molecule has 0 atom stereocenters. The van der Waals surface area contributed by atoms with Gasteiger partial charge in [-0.2, -0.15) is 0 Å². The maximum absolute atomic E-state index is 5.91.